The predicted octanol–water partition coefficient (Wildman–Crippen LogP) is 1.35. The number of hydrogen-bond donors (Lipinski definition) is 0. The molecule has 0 aliphatic carbocycles. The second kappa shape index (κ2) is 8.60. The molecule has 2 saturated heterocycles. The Bertz CT molecular complexity index is 771. The highest BCUT2D eigenvalue weighted by Gasteiger charge is 2.23. The molecule has 2 aliphatic heterocycles. The molecule has 4 rings (SSSR count). The van der Waals surface area contributed by atoms with Gasteiger partial charge in [0, 0.05) is 52.4 Å². The molecule has 0 bridgehead atoms. The first-order valence-electron chi connectivity index (χ1n) is 10.1. The van der Waals surface area contributed by atoms with Crippen LogP contribution in [-0.2, 0) is 0 Å². The van der Waals surface area contributed by atoms with Crippen LogP contribution in [0.3, 0.4) is 0 Å². The third kappa shape index (κ3) is 3.96. The third-order valence-corrected chi connectivity index (χ3v) is 5.67. The summed E-state index contributed by atoms with van der Waals surface area (Å²) in [6.07, 6.45) is 1.78. The van der Waals surface area contributed by atoms with Crippen molar-refractivity contribution in [1.82, 2.24) is 20.1 Å². The lowest BCUT2D eigenvalue weighted by Gasteiger charge is -2.37. The number of para-hydroxylation sites is 2. The van der Waals surface area contributed by atoms with E-state index in [2.05, 4.69) is 48.9 Å². The molecule has 28 heavy (non-hydrogen) atoms. The van der Waals surface area contributed by atoms with Gasteiger partial charge in [0.05, 0.1) is 19.0 Å². The van der Waals surface area contributed by atoms with Gasteiger partial charge in [0.15, 0.2) is 5.82 Å². The number of methoxy groups -OCH3 is 1. The number of hydrogen-bond acceptors (Lipinski definition) is 8. The van der Waals surface area contributed by atoms with E-state index in [9.17, 15) is 0 Å². The van der Waals surface area contributed by atoms with Crippen LogP contribution in [0.15, 0.2) is 30.5 Å². The second-order valence-electron chi connectivity index (χ2n) is 7.18. The van der Waals surface area contributed by atoms with Crippen LogP contribution in [-0.4, -0.2) is 86.1 Å². The van der Waals surface area contributed by atoms with Crippen molar-refractivity contribution < 1.29 is 4.74 Å². The van der Waals surface area contributed by atoms with Gasteiger partial charge in [0.1, 0.15) is 5.75 Å². The van der Waals surface area contributed by atoms with Crippen LogP contribution >= 0.6 is 0 Å². The molecule has 1 aromatic carbocycles. The molecule has 0 saturated carbocycles. The molecule has 0 amide bonds. The van der Waals surface area contributed by atoms with E-state index in [1.54, 1.807) is 13.3 Å². The van der Waals surface area contributed by atoms with Gasteiger partial charge < -0.3 is 24.3 Å². The van der Waals surface area contributed by atoms with E-state index in [1.807, 2.05) is 12.1 Å². The van der Waals surface area contributed by atoms with Crippen molar-refractivity contribution in [2.75, 3.05) is 80.7 Å². The Morgan fingerprint density at radius 3 is 2.29 bits per heavy atom. The Kier molecular flexibility index (Phi) is 5.76. The number of ether oxygens (including phenoxy) is 1. The summed E-state index contributed by atoms with van der Waals surface area (Å²) in [5.74, 6) is 2.59. The van der Waals surface area contributed by atoms with Crippen LogP contribution in [0.2, 0.25) is 0 Å². The molecule has 1 aromatic heterocycles. The Morgan fingerprint density at radius 2 is 1.57 bits per heavy atom. The number of aromatic nitrogens is 3. The maximum absolute atomic E-state index is 5.51. The van der Waals surface area contributed by atoms with Gasteiger partial charge in [-0.2, -0.15) is 10.1 Å². The molecule has 8 heteroatoms. The summed E-state index contributed by atoms with van der Waals surface area (Å²) in [4.78, 5) is 14.2. The SMILES string of the molecule is CCN1CCN(c2nncc(N3CCN(c4ccccc4OC)CC3)n2)CC1. The quantitative estimate of drug-likeness (QED) is 0.767. The first-order chi connectivity index (χ1) is 13.8. The topological polar surface area (TPSA) is 60.9 Å². The van der Waals surface area contributed by atoms with Crippen LogP contribution in [0.5, 0.6) is 5.75 Å². The zero-order chi connectivity index (χ0) is 19.3. The number of anilines is 3. The first kappa shape index (κ1) is 18.7. The monoisotopic (exact) mass is 383 g/mol. The van der Waals surface area contributed by atoms with Gasteiger partial charge in [-0.3, -0.25) is 0 Å². The Balaban J connectivity index is 1.40. The maximum Gasteiger partial charge on any atom is 0.247 e. The number of nitrogens with zero attached hydrogens (tertiary/aromatic N) is 7. The minimum atomic E-state index is 0.750. The molecular formula is C20H29N7O. The van der Waals surface area contributed by atoms with Crippen LogP contribution in [0, 0.1) is 0 Å². The summed E-state index contributed by atoms with van der Waals surface area (Å²) in [5, 5.41) is 8.52. The third-order valence-electron chi connectivity index (χ3n) is 5.67. The molecule has 8 nitrogen and oxygen atoms in total. The number of benzene rings is 1. The summed E-state index contributed by atoms with van der Waals surface area (Å²) in [7, 11) is 1.73. The van der Waals surface area contributed by atoms with E-state index in [0.717, 1.165) is 82.1 Å². The van der Waals surface area contributed by atoms with Crippen molar-refractivity contribution in [1.29, 1.82) is 0 Å². The standard InChI is InChI=1S/C20H29N7O/c1-3-24-8-10-27(11-9-24)20-22-19(16-21-23-20)26-14-12-25(13-15-26)17-6-4-5-7-18(17)28-2/h4-7,16H,3,8-15H2,1-2H3. The summed E-state index contributed by atoms with van der Waals surface area (Å²) < 4.78 is 5.51. The largest absolute Gasteiger partial charge is 0.495 e. The van der Waals surface area contributed by atoms with E-state index in [0.29, 0.717) is 0 Å². The first-order valence-corrected chi connectivity index (χ1v) is 10.1. The predicted molar refractivity (Wildman–Crippen MR) is 112 cm³/mol. The molecule has 2 aliphatic rings. The molecule has 0 spiro atoms. The average Bonchev–Trinajstić information content (AvgIpc) is 2.79. The fourth-order valence-corrected chi connectivity index (χ4v) is 3.90. The van der Waals surface area contributed by atoms with Crippen LogP contribution < -0.4 is 19.4 Å². The van der Waals surface area contributed by atoms with Crippen molar-refractivity contribution in [2.24, 2.45) is 0 Å². The Hall–Kier alpha value is -2.61. The van der Waals surface area contributed by atoms with Crippen LogP contribution in [0.4, 0.5) is 17.5 Å². The van der Waals surface area contributed by atoms with Gasteiger partial charge in [0.25, 0.3) is 0 Å². The fourth-order valence-electron chi connectivity index (χ4n) is 3.90. The summed E-state index contributed by atoms with van der Waals surface area (Å²) in [5.41, 5.74) is 1.15. The van der Waals surface area contributed by atoms with Crippen molar-refractivity contribution >= 4 is 17.5 Å². The van der Waals surface area contributed by atoms with E-state index in [-0.39, 0.29) is 0 Å². The molecular weight excluding hydrogens is 354 g/mol. The van der Waals surface area contributed by atoms with Gasteiger partial charge in [-0.15, -0.1) is 5.10 Å². The fraction of sp³-hybridized carbons (Fsp3) is 0.550. The molecule has 2 fully saturated rings. The van der Waals surface area contributed by atoms with Crippen molar-refractivity contribution in [3.63, 3.8) is 0 Å². The molecule has 2 aromatic rings. The Morgan fingerprint density at radius 1 is 0.893 bits per heavy atom. The molecule has 0 atom stereocenters. The van der Waals surface area contributed by atoms with E-state index < -0.39 is 0 Å². The highest BCUT2D eigenvalue weighted by Crippen LogP contribution is 2.29. The lowest BCUT2D eigenvalue weighted by atomic mass is 10.2. The van der Waals surface area contributed by atoms with Gasteiger partial charge in [-0.1, -0.05) is 19.1 Å². The van der Waals surface area contributed by atoms with Gasteiger partial charge in [-0.25, -0.2) is 0 Å². The summed E-state index contributed by atoms with van der Waals surface area (Å²) in [6.45, 7) is 11.0. The molecule has 0 unspecified atom stereocenters. The molecule has 150 valence electrons. The van der Waals surface area contributed by atoms with Crippen molar-refractivity contribution in [3.8, 4) is 5.75 Å². The molecule has 0 radical (unpaired) electrons. The van der Waals surface area contributed by atoms with E-state index in [4.69, 9.17) is 9.72 Å². The minimum absolute atomic E-state index is 0.750. The van der Waals surface area contributed by atoms with Crippen LogP contribution in [0.1, 0.15) is 6.92 Å². The summed E-state index contributed by atoms with van der Waals surface area (Å²) >= 11 is 0. The second-order valence-corrected chi connectivity index (χ2v) is 7.18. The lowest BCUT2D eigenvalue weighted by molar-refractivity contribution is 0.269. The molecule has 3 heterocycles. The average molecular weight is 384 g/mol. The normalized spacial score (nSPS) is 18.4. The molecule has 0 N–H and O–H groups in total. The number of rotatable bonds is 5. The highest BCUT2D eigenvalue weighted by molar-refractivity contribution is 5.59. The van der Waals surface area contributed by atoms with Gasteiger partial charge >= 0.3 is 0 Å². The van der Waals surface area contributed by atoms with Crippen LogP contribution in [0.25, 0.3) is 0 Å². The smallest absolute Gasteiger partial charge is 0.247 e. The van der Waals surface area contributed by atoms with Crippen molar-refractivity contribution in [3.05, 3.63) is 30.5 Å². The Labute approximate surface area is 166 Å². The maximum atomic E-state index is 5.51. The van der Waals surface area contributed by atoms with Gasteiger partial charge in [-0.05, 0) is 18.7 Å². The van der Waals surface area contributed by atoms with E-state index in [1.165, 1.54) is 0 Å². The zero-order valence-electron chi connectivity index (χ0n) is 16.8. The van der Waals surface area contributed by atoms with E-state index >= 15 is 0 Å². The lowest BCUT2D eigenvalue weighted by Crippen LogP contribution is -2.48. The highest BCUT2D eigenvalue weighted by atomic mass is 16.5. The van der Waals surface area contributed by atoms with Crippen molar-refractivity contribution in [2.45, 2.75) is 6.92 Å². The number of piperazine rings is 2. The number of likely N-dealkylation sites (N-methyl/N-ethyl adjacent to an activating group) is 1. The zero-order valence-corrected chi connectivity index (χ0v) is 16.8. The summed E-state index contributed by atoms with van der Waals surface area (Å²) in [6, 6.07) is 8.20. The van der Waals surface area contributed by atoms with Gasteiger partial charge in [0.2, 0.25) is 5.95 Å². The minimum Gasteiger partial charge on any atom is -0.495 e.